The molecule has 0 amide bonds. The highest BCUT2D eigenvalue weighted by Crippen LogP contribution is 2.14. The lowest BCUT2D eigenvalue weighted by atomic mass is 9.99. The highest BCUT2D eigenvalue weighted by molar-refractivity contribution is 5.85. The Morgan fingerprint density at radius 2 is 1.83 bits per heavy atom. The molecule has 18 heavy (non-hydrogen) atoms. The van der Waals surface area contributed by atoms with E-state index in [1.807, 2.05) is 30.6 Å². The molecule has 1 aromatic rings. The summed E-state index contributed by atoms with van der Waals surface area (Å²) in [5, 5.41) is 11.7. The SMILES string of the molecule is CC(=O)CC(C)(C)N=C([O-])C[n+]1ccccc1.Cl. The second-order valence-electron chi connectivity index (χ2n) is 4.74. The predicted molar refractivity (Wildman–Crippen MR) is 70.7 cm³/mol. The fraction of sp³-hybridized carbons (Fsp3) is 0.462. The molecule has 0 aliphatic heterocycles. The summed E-state index contributed by atoms with van der Waals surface area (Å²) < 4.78 is 1.76. The van der Waals surface area contributed by atoms with Crippen LogP contribution >= 0.6 is 12.4 Å². The van der Waals surface area contributed by atoms with Gasteiger partial charge in [0.2, 0.25) is 0 Å². The Balaban J connectivity index is 0.00000289. The summed E-state index contributed by atoms with van der Waals surface area (Å²) in [5.74, 6) is -0.175. The van der Waals surface area contributed by atoms with Crippen molar-refractivity contribution in [3.63, 3.8) is 0 Å². The Labute approximate surface area is 114 Å². The van der Waals surface area contributed by atoms with Crippen LogP contribution in [0.1, 0.15) is 27.2 Å². The molecule has 0 aliphatic rings. The van der Waals surface area contributed by atoms with Crippen LogP contribution in [0.25, 0.3) is 0 Å². The molecule has 0 unspecified atom stereocenters. The van der Waals surface area contributed by atoms with Gasteiger partial charge in [-0.1, -0.05) is 6.07 Å². The zero-order valence-electron chi connectivity index (χ0n) is 10.9. The molecule has 0 N–H and O–H groups in total. The van der Waals surface area contributed by atoms with Crippen molar-refractivity contribution in [1.82, 2.24) is 0 Å². The van der Waals surface area contributed by atoms with Gasteiger partial charge in [-0.25, -0.2) is 4.57 Å². The Morgan fingerprint density at radius 3 is 2.33 bits per heavy atom. The summed E-state index contributed by atoms with van der Waals surface area (Å²) in [4.78, 5) is 15.1. The summed E-state index contributed by atoms with van der Waals surface area (Å²) in [6.45, 7) is 5.31. The molecule has 5 heteroatoms. The summed E-state index contributed by atoms with van der Waals surface area (Å²) >= 11 is 0. The lowest BCUT2D eigenvalue weighted by Crippen LogP contribution is -2.43. The van der Waals surface area contributed by atoms with Gasteiger partial charge in [-0.2, -0.15) is 0 Å². The zero-order valence-corrected chi connectivity index (χ0v) is 11.7. The summed E-state index contributed by atoms with van der Waals surface area (Å²) in [6, 6.07) is 5.60. The van der Waals surface area contributed by atoms with Crippen LogP contribution in [-0.4, -0.2) is 17.2 Å². The van der Waals surface area contributed by atoms with E-state index in [2.05, 4.69) is 4.99 Å². The Hall–Kier alpha value is -1.42. The van der Waals surface area contributed by atoms with Crippen LogP contribution in [0.5, 0.6) is 0 Å². The van der Waals surface area contributed by atoms with E-state index < -0.39 is 5.54 Å². The van der Waals surface area contributed by atoms with Gasteiger partial charge in [0.25, 0.3) is 0 Å². The molecule has 0 fully saturated rings. The summed E-state index contributed by atoms with van der Waals surface area (Å²) in [7, 11) is 0. The zero-order chi connectivity index (χ0) is 12.9. The van der Waals surface area contributed by atoms with Gasteiger partial charge in [-0.15, -0.1) is 12.4 Å². The molecule has 0 bridgehead atoms. The van der Waals surface area contributed by atoms with Gasteiger partial charge in [0.15, 0.2) is 18.9 Å². The number of aliphatic imine (C=N–C) groups is 1. The largest absolute Gasteiger partial charge is 0.858 e. The van der Waals surface area contributed by atoms with E-state index >= 15 is 0 Å². The molecule has 1 heterocycles. The summed E-state index contributed by atoms with van der Waals surface area (Å²) in [5.41, 5.74) is -0.613. The number of halogens is 1. The van der Waals surface area contributed by atoms with Gasteiger partial charge < -0.3 is 5.11 Å². The number of hydrogen-bond acceptors (Lipinski definition) is 3. The first-order chi connectivity index (χ1) is 7.89. The maximum atomic E-state index is 11.7. The van der Waals surface area contributed by atoms with Crippen molar-refractivity contribution in [3.8, 4) is 0 Å². The van der Waals surface area contributed by atoms with Gasteiger partial charge in [0.1, 0.15) is 5.78 Å². The Bertz CT molecular complexity index is 416. The highest BCUT2D eigenvalue weighted by Gasteiger charge is 2.18. The van der Waals surface area contributed by atoms with Crippen molar-refractivity contribution in [1.29, 1.82) is 0 Å². The Kier molecular flexibility index (Phi) is 6.55. The minimum atomic E-state index is -0.613. The number of pyridine rings is 1. The maximum Gasteiger partial charge on any atom is 0.176 e. The van der Waals surface area contributed by atoms with Gasteiger partial charge in [0, 0.05) is 24.5 Å². The van der Waals surface area contributed by atoms with Gasteiger partial charge in [-0.05, 0) is 20.8 Å². The molecule has 1 rings (SSSR count). The smallest absolute Gasteiger partial charge is 0.176 e. The monoisotopic (exact) mass is 270 g/mol. The first-order valence-corrected chi connectivity index (χ1v) is 5.58. The standard InChI is InChI=1S/C13H18N2O2.ClH/c1-11(16)9-13(2,3)14-12(17)10-15-7-5-4-6-8-15;/h4-8H,9-10H2,1-3H3;1H. The molecule has 0 spiro atoms. The molecular weight excluding hydrogens is 252 g/mol. The number of ketones is 1. The lowest BCUT2D eigenvalue weighted by Gasteiger charge is -2.21. The van der Waals surface area contributed by atoms with Crippen LogP contribution in [-0.2, 0) is 11.3 Å². The van der Waals surface area contributed by atoms with Crippen molar-refractivity contribution in [2.24, 2.45) is 4.99 Å². The van der Waals surface area contributed by atoms with Gasteiger partial charge >= 0.3 is 0 Å². The topological polar surface area (TPSA) is 56.4 Å². The van der Waals surface area contributed by atoms with Crippen LogP contribution in [0.15, 0.2) is 35.6 Å². The third-order valence-electron chi connectivity index (χ3n) is 2.20. The highest BCUT2D eigenvalue weighted by atomic mass is 35.5. The van der Waals surface area contributed by atoms with Crippen molar-refractivity contribution in [3.05, 3.63) is 30.6 Å². The minimum Gasteiger partial charge on any atom is -0.858 e. The van der Waals surface area contributed by atoms with Gasteiger partial charge in [0.05, 0.1) is 5.54 Å². The number of Topliss-reactive ketones (excluding diaryl/α,β-unsaturated/α-hetero) is 1. The maximum absolute atomic E-state index is 11.7. The van der Waals surface area contributed by atoms with E-state index in [1.165, 1.54) is 6.92 Å². The molecule has 0 atom stereocenters. The van der Waals surface area contributed by atoms with E-state index in [9.17, 15) is 9.90 Å². The van der Waals surface area contributed by atoms with Gasteiger partial charge in [-0.3, -0.25) is 9.79 Å². The number of hydrogen-bond donors (Lipinski definition) is 0. The van der Waals surface area contributed by atoms with Crippen LogP contribution in [0.4, 0.5) is 0 Å². The molecule has 1 aromatic heterocycles. The second kappa shape index (κ2) is 7.11. The molecular formula is C13H19ClN2O2. The number of carbonyl (C=O) groups is 1. The third kappa shape index (κ3) is 6.35. The molecule has 0 saturated carbocycles. The fourth-order valence-electron chi connectivity index (χ4n) is 1.72. The van der Waals surface area contributed by atoms with E-state index in [1.54, 1.807) is 18.4 Å². The number of nitrogens with zero attached hydrogens (tertiary/aromatic N) is 2. The predicted octanol–water partition coefficient (Wildman–Crippen LogP) is 0.912. The third-order valence-corrected chi connectivity index (χ3v) is 2.20. The average molecular weight is 271 g/mol. The van der Waals surface area contributed by atoms with Crippen LogP contribution in [0.2, 0.25) is 0 Å². The molecule has 0 aliphatic carbocycles. The van der Waals surface area contributed by atoms with Crippen molar-refractivity contribution >= 4 is 24.1 Å². The van der Waals surface area contributed by atoms with Crippen LogP contribution < -0.4 is 9.67 Å². The van der Waals surface area contributed by atoms with E-state index in [4.69, 9.17) is 0 Å². The quantitative estimate of drug-likeness (QED) is 0.454. The van der Waals surface area contributed by atoms with Crippen molar-refractivity contribution in [2.45, 2.75) is 39.3 Å². The normalized spacial score (nSPS) is 11.8. The van der Waals surface area contributed by atoms with Crippen LogP contribution in [0.3, 0.4) is 0 Å². The molecule has 0 aromatic carbocycles. The van der Waals surface area contributed by atoms with E-state index in [0.717, 1.165) is 0 Å². The molecule has 0 radical (unpaired) electrons. The molecule has 4 nitrogen and oxygen atoms in total. The lowest BCUT2D eigenvalue weighted by molar-refractivity contribution is -0.687. The van der Waals surface area contributed by atoms with Crippen LogP contribution in [0, 0.1) is 0 Å². The van der Waals surface area contributed by atoms with Crippen molar-refractivity contribution < 1.29 is 14.5 Å². The minimum absolute atomic E-state index is 0. The Morgan fingerprint density at radius 1 is 1.28 bits per heavy atom. The molecule has 0 saturated heterocycles. The first kappa shape index (κ1) is 16.6. The van der Waals surface area contributed by atoms with E-state index in [-0.39, 0.29) is 37.1 Å². The van der Waals surface area contributed by atoms with Crippen molar-refractivity contribution in [2.75, 3.05) is 0 Å². The number of rotatable bonds is 5. The fourth-order valence-corrected chi connectivity index (χ4v) is 1.72. The second-order valence-corrected chi connectivity index (χ2v) is 4.74. The summed E-state index contributed by atoms with van der Waals surface area (Å²) in [6.07, 6.45) is 3.91. The molecule has 100 valence electrons. The average Bonchev–Trinajstić information content (AvgIpc) is 2.15. The number of carbonyl (C=O) groups excluding carboxylic acids is 1. The first-order valence-electron chi connectivity index (χ1n) is 5.58. The van der Waals surface area contributed by atoms with E-state index in [0.29, 0.717) is 0 Å². The number of aromatic nitrogens is 1.